The van der Waals surface area contributed by atoms with Crippen LogP contribution >= 0.6 is 11.8 Å². The second-order valence-electron chi connectivity index (χ2n) is 6.82. The van der Waals surface area contributed by atoms with Crippen LogP contribution in [-0.2, 0) is 4.79 Å². The van der Waals surface area contributed by atoms with Crippen molar-refractivity contribution in [1.82, 2.24) is 14.8 Å². The van der Waals surface area contributed by atoms with E-state index in [1.807, 2.05) is 65.2 Å². The minimum Gasteiger partial charge on any atom is -0.324 e. The van der Waals surface area contributed by atoms with Crippen molar-refractivity contribution in [2.24, 2.45) is 0 Å². The van der Waals surface area contributed by atoms with Crippen molar-refractivity contribution in [3.8, 4) is 17.1 Å². The number of benzene rings is 3. The molecule has 1 aromatic heterocycles. The van der Waals surface area contributed by atoms with E-state index < -0.39 is 5.82 Å². The van der Waals surface area contributed by atoms with Crippen LogP contribution in [0, 0.1) is 5.82 Å². The Hall–Kier alpha value is -3.45. The Morgan fingerprint density at radius 3 is 2.32 bits per heavy atom. The number of hydrogen-bond acceptors (Lipinski definition) is 4. The number of carbonyl (C=O) groups excluding carboxylic acids is 1. The summed E-state index contributed by atoms with van der Waals surface area (Å²) in [6.07, 6.45) is 0.930. The second-order valence-corrected chi connectivity index (χ2v) is 7.89. The number of hydrogen-bond donors (Lipinski definition) is 1. The minimum atomic E-state index is -0.436. The highest BCUT2D eigenvalue weighted by molar-refractivity contribution is 7.99. The molecule has 0 atom stereocenters. The number of nitrogens with zero attached hydrogens (tertiary/aromatic N) is 3. The van der Waals surface area contributed by atoms with Crippen molar-refractivity contribution in [3.63, 3.8) is 0 Å². The molecule has 0 aliphatic heterocycles. The highest BCUT2D eigenvalue weighted by Gasteiger charge is 2.16. The zero-order valence-corrected chi connectivity index (χ0v) is 17.6. The van der Waals surface area contributed by atoms with Gasteiger partial charge in [-0.15, -0.1) is 10.2 Å². The van der Waals surface area contributed by atoms with Gasteiger partial charge in [-0.05, 0) is 30.7 Å². The van der Waals surface area contributed by atoms with Gasteiger partial charge in [0, 0.05) is 23.4 Å². The molecule has 4 rings (SSSR count). The van der Waals surface area contributed by atoms with Gasteiger partial charge in [0.15, 0.2) is 11.0 Å². The average Bonchev–Trinajstić information content (AvgIpc) is 3.23. The summed E-state index contributed by atoms with van der Waals surface area (Å²) in [5.74, 6) is 0.811. The molecular formula is C24H21FN4OS. The van der Waals surface area contributed by atoms with E-state index >= 15 is 0 Å². The molecule has 5 nitrogen and oxygen atoms in total. The third kappa shape index (κ3) is 5.19. The Morgan fingerprint density at radius 1 is 0.903 bits per heavy atom. The van der Waals surface area contributed by atoms with Crippen LogP contribution in [0.15, 0.2) is 90.1 Å². The number of rotatable bonds is 8. The van der Waals surface area contributed by atoms with Crippen LogP contribution in [0.1, 0.15) is 12.8 Å². The van der Waals surface area contributed by atoms with E-state index in [1.54, 1.807) is 30.0 Å². The quantitative estimate of drug-likeness (QED) is 0.291. The Balaban J connectivity index is 1.42. The summed E-state index contributed by atoms with van der Waals surface area (Å²) in [4.78, 5) is 12.1. The van der Waals surface area contributed by atoms with Crippen LogP contribution in [0.4, 0.5) is 10.1 Å². The van der Waals surface area contributed by atoms with Crippen LogP contribution in [0.3, 0.4) is 0 Å². The molecule has 3 aromatic carbocycles. The van der Waals surface area contributed by atoms with Crippen molar-refractivity contribution < 1.29 is 9.18 Å². The topological polar surface area (TPSA) is 59.8 Å². The molecule has 1 N–H and O–H groups in total. The molecule has 4 aromatic rings. The fourth-order valence-electron chi connectivity index (χ4n) is 3.12. The lowest BCUT2D eigenvalue weighted by Crippen LogP contribution is -2.12. The molecule has 0 aliphatic rings. The third-order valence-corrected chi connectivity index (χ3v) is 5.62. The molecule has 0 bridgehead atoms. The molecule has 31 heavy (non-hydrogen) atoms. The van der Waals surface area contributed by atoms with E-state index in [-0.39, 0.29) is 11.6 Å². The Kier molecular flexibility index (Phi) is 6.74. The van der Waals surface area contributed by atoms with Crippen molar-refractivity contribution in [2.45, 2.75) is 18.0 Å². The standard InChI is InChI=1S/C24H21FN4OS/c25-20-14-7-8-15-21(20)26-22(30)16-9-17-31-24-28-27-23(18-10-3-1-4-11-18)29(24)19-12-5-2-6-13-19/h1-8,10-15H,9,16-17H2,(H,26,30). The monoisotopic (exact) mass is 432 g/mol. The van der Waals surface area contributed by atoms with Gasteiger partial charge in [0.2, 0.25) is 5.91 Å². The molecule has 1 heterocycles. The van der Waals surface area contributed by atoms with Crippen LogP contribution < -0.4 is 5.32 Å². The van der Waals surface area contributed by atoms with E-state index in [0.717, 1.165) is 22.2 Å². The normalized spacial score (nSPS) is 10.7. The molecule has 0 aliphatic carbocycles. The van der Waals surface area contributed by atoms with Crippen LogP contribution in [-0.4, -0.2) is 26.4 Å². The zero-order chi connectivity index (χ0) is 21.5. The molecule has 7 heteroatoms. The van der Waals surface area contributed by atoms with Crippen LogP contribution in [0.5, 0.6) is 0 Å². The van der Waals surface area contributed by atoms with Crippen molar-refractivity contribution in [2.75, 3.05) is 11.1 Å². The fourth-order valence-corrected chi connectivity index (χ4v) is 4.01. The molecule has 0 fully saturated rings. The van der Waals surface area contributed by atoms with E-state index in [4.69, 9.17) is 0 Å². The Bertz CT molecular complexity index is 1150. The minimum absolute atomic E-state index is 0.205. The van der Waals surface area contributed by atoms with E-state index in [0.29, 0.717) is 18.6 Å². The highest BCUT2D eigenvalue weighted by atomic mass is 32.2. The van der Waals surface area contributed by atoms with E-state index in [2.05, 4.69) is 15.5 Å². The summed E-state index contributed by atoms with van der Waals surface area (Å²) in [7, 11) is 0. The predicted octanol–water partition coefficient (Wildman–Crippen LogP) is 5.58. The summed E-state index contributed by atoms with van der Waals surface area (Å²) in [6, 6.07) is 26.0. The highest BCUT2D eigenvalue weighted by Crippen LogP contribution is 2.28. The summed E-state index contributed by atoms with van der Waals surface area (Å²) in [5.41, 5.74) is 2.16. The number of para-hydroxylation sites is 2. The molecule has 1 amide bonds. The molecular weight excluding hydrogens is 411 g/mol. The van der Waals surface area contributed by atoms with Crippen LogP contribution in [0.25, 0.3) is 17.1 Å². The first-order chi connectivity index (χ1) is 15.2. The molecule has 0 radical (unpaired) electrons. The fraction of sp³-hybridized carbons (Fsp3) is 0.125. The maximum atomic E-state index is 13.7. The first kappa shape index (κ1) is 20.8. The van der Waals surface area contributed by atoms with Gasteiger partial charge < -0.3 is 5.32 Å². The average molecular weight is 433 g/mol. The van der Waals surface area contributed by atoms with Gasteiger partial charge in [0.1, 0.15) is 5.82 Å². The van der Waals surface area contributed by atoms with Gasteiger partial charge >= 0.3 is 0 Å². The lowest BCUT2D eigenvalue weighted by Gasteiger charge is -2.10. The number of thioether (sulfide) groups is 1. The maximum absolute atomic E-state index is 13.7. The number of anilines is 1. The van der Waals surface area contributed by atoms with Crippen molar-refractivity contribution in [3.05, 3.63) is 90.7 Å². The van der Waals surface area contributed by atoms with Gasteiger partial charge in [0.05, 0.1) is 5.69 Å². The first-order valence-corrected chi connectivity index (χ1v) is 10.9. The molecule has 0 spiro atoms. The number of aromatic nitrogens is 3. The Labute approximate surface area is 184 Å². The van der Waals surface area contributed by atoms with Gasteiger partial charge in [-0.25, -0.2) is 4.39 Å². The maximum Gasteiger partial charge on any atom is 0.224 e. The molecule has 0 saturated carbocycles. The number of amides is 1. The van der Waals surface area contributed by atoms with Gasteiger partial charge in [-0.1, -0.05) is 72.4 Å². The largest absolute Gasteiger partial charge is 0.324 e. The zero-order valence-electron chi connectivity index (χ0n) is 16.7. The summed E-state index contributed by atoms with van der Waals surface area (Å²) in [6.45, 7) is 0. The summed E-state index contributed by atoms with van der Waals surface area (Å²) >= 11 is 1.54. The number of nitrogens with one attached hydrogen (secondary N) is 1. The van der Waals surface area contributed by atoms with Crippen LogP contribution in [0.2, 0.25) is 0 Å². The second kappa shape index (κ2) is 10.0. The lowest BCUT2D eigenvalue weighted by atomic mass is 10.2. The smallest absolute Gasteiger partial charge is 0.224 e. The number of halogens is 1. The molecule has 156 valence electrons. The van der Waals surface area contributed by atoms with E-state index in [9.17, 15) is 9.18 Å². The SMILES string of the molecule is O=C(CCCSc1nnc(-c2ccccc2)n1-c1ccccc1)Nc1ccccc1F. The van der Waals surface area contributed by atoms with Crippen molar-refractivity contribution in [1.29, 1.82) is 0 Å². The molecule has 0 unspecified atom stereocenters. The summed E-state index contributed by atoms with van der Waals surface area (Å²) < 4.78 is 15.7. The number of carbonyl (C=O) groups is 1. The predicted molar refractivity (Wildman–Crippen MR) is 122 cm³/mol. The van der Waals surface area contributed by atoms with Gasteiger partial charge in [0.25, 0.3) is 0 Å². The van der Waals surface area contributed by atoms with Crippen molar-refractivity contribution >= 4 is 23.4 Å². The summed E-state index contributed by atoms with van der Waals surface area (Å²) in [5, 5.41) is 12.2. The molecule has 0 saturated heterocycles. The lowest BCUT2D eigenvalue weighted by molar-refractivity contribution is -0.116. The Morgan fingerprint density at radius 2 is 1.58 bits per heavy atom. The van der Waals surface area contributed by atoms with Gasteiger partial charge in [-0.2, -0.15) is 0 Å². The van der Waals surface area contributed by atoms with E-state index in [1.165, 1.54) is 6.07 Å². The third-order valence-electron chi connectivity index (χ3n) is 4.61. The first-order valence-electron chi connectivity index (χ1n) is 9.96. The van der Waals surface area contributed by atoms with Gasteiger partial charge in [-0.3, -0.25) is 9.36 Å².